The van der Waals surface area contributed by atoms with Crippen molar-refractivity contribution in [3.05, 3.63) is 112 Å². The number of carbonyl (C=O) groups is 1. The summed E-state index contributed by atoms with van der Waals surface area (Å²) in [6, 6.07) is 16.5. The Morgan fingerprint density at radius 2 is 1.76 bits per heavy atom. The van der Waals surface area contributed by atoms with Gasteiger partial charge >= 0.3 is 0 Å². The number of nitrogens with zero attached hydrogens (tertiary/aromatic N) is 1. The number of hydrogen-bond donors (Lipinski definition) is 1. The average molecular weight is 440 g/mol. The van der Waals surface area contributed by atoms with Gasteiger partial charge in [0.15, 0.2) is 0 Å². The fourth-order valence-corrected chi connectivity index (χ4v) is 5.09. The van der Waals surface area contributed by atoms with E-state index in [1.807, 2.05) is 30.3 Å². The number of aryl methyl sites for hydroxylation is 1. The van der Waals surface area contributed by atoms with Crippen molar-refractivity contribution in [2.45, 2.75) is 52.4 Å². The van der Waals surface area contributed by atoms with E-state index in [9.17, 15) is 9.90 Å². The van der Waals surface area contributed by atoms with Crippen molar-refractivity contribution in [3.63, 3.8) is 0 Å². The van der Waals surface area contributed by atoms with Crippen molar-refractivity contribution in [1.29, 1.82) is 0 Å². The van der Waals surface area contributed by atoms with Gasteiger partial charge < -0.3 is 10.0 Å². The number of ketones is 1. The van der Waals surface area contributed by atoms with Gasteiger partial charge in [0.1, 0.15) is 5.76 Å². The standard InChI is InChI=1S/C30H33NO2/c1-8-31-25-16-12-11-15-24(25)30(6,7)26(31)18-22-27(32)21(28(22)33)17-20(3)29(4,5)23-14-10-9-13-19(23)2/h9-18,32H,3,8H2,1-2,4-7H3/b21-17-,26-18+. The summed E-state index contributed by atoms with van der Waals surface area (Å²) in [4.78, 5) is 15.3. The zero-order valence-electron chi connectivity index (χ0n) is 20.5. The third-order valence-corrected chi connectivity index (χ3v) is 7.34. The first-order valence-corrected chi connectivity index (χ1v) is 11.6. The average Bonchev–Trinajstić information content (AvgIpc) is 3.01. The van der Waals surface area contributed by atoms with Gasteiger partial charge in [0.2, 0.25) is 5.78 Å². The predicted molar refractivity (Wildman–Crippen MR) is 137 cm³/mol. The Morgan fingerprint density at radius 1 is 1.12 bits per heavy atom. The molecule has 170 valence electrons. The molecule has 2 aromatic carbocycles. The lowest BCUT2D eigenvalue weighted by molar-refractivity contribution is -0.113. The first kappa shape index (κ1) is 22.8. The van der Waals surface area contributed by atoms with E-state index in [2.05, 4.69) is 77.3 Å². The summed E-state index contributed by atoms with van der Waals surface area (Å²) in [6.45, 7) is 17.7. The van der Waals surface area contributed by atoms with Crippen LogP contribution in [0.1, 0.15) is 51.3 Å². The van der Waals surface area contributed by atoms with Crippen LogP contribution in [0.2, 0.25) is 0 Å². The quantitative estimate of drug-likeness (QED) is 0.518. The third kappa shape index (κ3) is 3.47. The molecule has 0 amide bonds. The fourth-order valence-electron chi connectivity index (χ4n) is 5.09. The maximum atomic E-state index is 13.1. The maximum absolute atomic E-state index is 13.1. The zero-order valence-corrected chi connectivity index (χ0v) is 20.5. The Bertz CT molecular complexity index is 1250. The molecule has 1 heterocycles. The highest BCUT2D eigenvalue weighted by molar-refractivity contribution is 6.21. The number of anilines is 1. The Balaban J connectivity index is 1.69. The molecular weight excluding hydrogens is 406 g/mol. The van der Waals surface area contributed by atoms with Gasteiger partial charge in [0, 0.05) is 28.8 Å². The summed E-state index contributed by atoms with van der Waals surface area (Å²) >= 11 is 0. The van der Waals surface area contributed by atoms with Crippen molar-refractivity contribution in [1.82, 2.24) is 0 Å². The molecule has 3 heteroatoms. The summed E-state index contributed by atoms with van der Waals surface area (Å²) in [5, 5.41) is 10.9. The number of aliphatic hydroxyl groups is 1. The lowest BCUT2D eigenvalue weighted by atomic mass is 9.74. The first-order valence-electron chi connectivity index (χ1n) is 11.6. The topological polar surface area (TPSA) is 40.5 Å². The second kappa shape index (κ2) is 7.91. The highest BCUT2D eigenvalue weighted by atomic mass is 16.3. The number of hydrogen-bond acceptors (Lipinski definition) is 3. The second-order valence-corrected chi connectivity index (χ2v) is 10.0. The molecular formula is C30H33NO2. The van der Waals surface area contributed by atoms with E-state index in [0.717, 1.165) is 29.1 Å². The van der Waals surface area contributed by atoms with Crippen LogP contribution >= 0.6 is 0 Å². The molecule has 0 atom stereocenters. The number of rotatable bonds is 5. The zero-order chi connectivity index (χ0) is 24.1. The smallest absolute Gasteiger partial charge is 0.200 e. The lowest BCUT2D eigenvalue weighted by Crippen LogP contribution is -2.29. The number of aliphatic hydroxyl groups excluding tert-OH is 1. The van der Waals surface area contributed by atoms with Crippen LogP contribution in [-0.4, -0.2) is 17.4 Å². The number of para-hydroxylation sites is 1. The van der Waals surface area contributed by atoms with Crippen LogP contribution in [0.15, 0.2) is 95.4 Å². The second-order valence-electron chi connectivity index (χ2n) is 10.0. The molecule has 4 rings (SSSR count). The number of benzene rings is 2. The van der Waals surface area contributed by atoms with Crippen LogP contribution in [0.5, 0.6) is 0 Å². The van der Waals surface area contributed by atoms with Crippen molar-refractivity contribution in [3.8, 4) is 0 Å². The van der Waals surface area contributed by atoms with Crippen molar-refractivity contribution < 1.29 is 9.90 Å². The molecule has 0 spiro atoms. The summed E-state index contributed by atoms with van der Waals surface area (Å²) in [6.07, 6.45) is 3.62. The minimum absolute atomic E-state index is 0.0528. The molecule has 0 fully saturated rings. The van der Waals surface area contributed by atoms with E-state index < -0.39 is 0 Å². The number of fused-ring (bicyclic) bond motifs is 1. The molecule has 0 unspecified atom stereocenters. The molecule has 2 aromatic rings. The highest BCUT2D eigenvalue weighted by Crippen LogP contribution is 2.48. The molecule has 0 radical (unpaired) electrons. The summed E-state index contributed by atoms with van der Waals surface area (Å²) < 4.78 is 0. The van der Waals surface area contributed by atoms with Crippen LogP contribution in [0.25, 0.3) is 0 Å². The predicted octanol–water partition coefficient (Wildman–Crippen LogP) is 6.85. The summed E-state index contributed by atoms with van der Waals surface area (Å²) in [5.74, 6) is -0.0819. The largest absolute Gasteiger partial charge is 0.506 e. The lowest BCUT2D eigenvalue weighted by Gasteiger charge is -2.30. The summed E-state index contributed by atoms with van der Waals surface area (Å²) in [5.41, 5.74) is 6.64. The minimum atomic E-state index is -0.360. The van der Waals surface area contributed by atoms with Crippen LogP contribution in [0.4, 0.5) is 5.69 Å². The van der Waals surface area contributed by atoms with E-state index in [-0.39, 0.29) is 22.4 Å². The highest BCUT2D eigenvalue weighted by Gasteiger charge is 2.42. The summed E-state index contributed by atoms with van der Waals surface area (Å²) in [7, 11) is 0. The number of likely N-dealkylation sites (N-methyl/N-ethyl adjacent to an activating group) is 1. The molecule has 1 N–H and O–H groups in total. The van der Waals surface area contributed by atoms with Gasteiger partial charge in [-0.25, -0.2) is 0 Å². The fraction of sp³-hybridized carbons (Fsp3) is 0.300. The molecule has 1 aliphatic carbocycles. The molecule has 2 aliphatic rings. The van der Waals surface area contributed by atoms with E-state index >= 15 is 0 Å². The molecule has 1 aliphatic heterocycles. The Hall–Kier alpha value is -3.33. The molecule has 0 aromatic heterocycles. The van der Waals surface area contributed by atoms with Crippen molar-refractivity contribution >= 4 is 11.5 Å². The van der Waals surface area contributed by atoms with Crippen LogP contribution in [0, 0.1) is 6.92 Å². The van der Waals surface area contributed by atoms with E-state index in [1.165, 1.54) is 11.1 Å². The molecule has 3 nitrogen and oxygen atoms in total. The van der Waals surface area contributed by atoms with E-state index in [0.29, 0.717) is 11.1 Å². The van der Waals surface area contributed by atoms with Gasteiger partial charge in [-0.2, -0.15) is 0 Å². The van der Waals surface area contributed by atoms with Gasteiger partial charge in [0.25, 0.3) is 0 Å². The minimum Gasteiger partial charge on any atom is -0.506 e. The molecule has 0 saturated heterocycles. The van der Waals surface area contributed by atoms with Gasteiger partial charge in [-0.15, -0.1) is 0 Å². The molecule has 0 bridgehead atoms. The van der Waals surface area contributed by atoms with E-state index in [1.54, 1.807) is 6.08 Å². The van der Waals surface area contributed by atoms with Gasteiger partial charge in [-0.1, -0.05) is 76.7 Å². The van der Waals surface area contributed by atoms with Gasteiger partial charge in [-0.3, -0.25) is 4.79 Å². The normalized spacial score (nSPS) is 19.8. The third-order valence-electron chi connectivity index (χ3n) is 7.34. The van der Waals surface area contributed by atoms with Crippen LogP contribution in [0.3, 0.4) is 0 Å². The molecule has 0 saturated carbocycles. The Labute approximate surface area is 197 Å². The molecule has 33 heavy (non-hydrogen) atoms. The number of allylic oxidation sites excluding steroid dienone is 6. The number of Topliss-reactive ketones (excluding diaryl/α,β-unsaturated/α-hetero) is 1. The van der Waals surface area contributed by atoms with Crippen molar-refractivity contribution in [2.75, 3.05) is 11.4 Å². The van der Waals surface area contributed by atoms with Gasteiger partial charge in [0.05, 0.1) is 11.1 Å². The number of carbonyl (C=O) groups excluding carboxylic acids is 1. The van der Waals surface area contributed by atoms with Crippen molar-refractivity contribution in [2.24, 2.45) is 0 Å². The van der Waals surface area contributed by atoms with E-state index in [4.69, 9.17) is 0 Å². The maximum Gasteiger partial charge on any atom is 0.200 e. The van der Waals surface area contributed by atoms with Gasteiger partial charge in [-0.05, 0) is 54.3 Å². The Kier molecular flexibility index (Phi) is 5.48. The van der Waals surface area contributed by atoms with Crippen LogP contribution < -0.4 is 4.90 Å². The monoisotopic (exact) mass is 439 g/mol. The SMILES string of the molecule is C=C(/C=C1\C(=O)C(/C=C2/N(CC)c3ccccc3C2(C)C)=C1O)C(C)(C)c1ccccc1C. The Morgan fingerprint density at radius 3 is 2.39 bits per heavy atom. The van der Waals surface area contributed by atoms with Crippen LogP contribution in [-0.2, 0) is 15.6 Å². The first-order chi connectivity index (χ1) is 15.5.